The summed E-state index contributed by atoms with van der Waals surface area (Å²) in [6.07, 6.45) is -0.618. The van der Waals surface area contributed by atoms with Gasteiger partial charge < -0.3 is 19.5 Å². The van der Waals surface area contributed by atoms with E-state index in [0.717, 1.165) is 11.3 Å². The molecular formula is C20H25NO4. The fourth-order valence-electron chi connectivity index (χ4n) is 2.27. The van der Waals surface area contributed by atoms with Crippen LogP contribution in [0.15, 0.2) is 48.5 Å². The number of methoxy groups -OCH3 is 1. The summed E-state index contributed by atoms with van der Waals surface area (Å²) in [5, 5.41) is 2.90. The Morgan fingerprint density at radius 2 is 1.80 bits per heavy atom. The van der Waals surface area contributed by atoms with Crippen LogP contribution in [-0.2, 0) is 4.79 Å². The van der Waals surface area contributed by atoms with E-state index in [-0.39, 0.29) is 11.9 Å². The molecule has 134 valence electrons. The smallest absolute Gasteiger partial charge is 0.261 e. The van der Waals surface area contributed by atoms with Crippen LogP contribution in [0, 0.1) is 6.92 Å². The Kier molecular flexibility index (Phi) is 6.69. The molecule has 2 aromatic rings. The van der Waals surface area contributed by atoms with Gasteiger partial charge in [-0.1, -0.05) is 24.3 Å². The molecule has 0 radical (unpaired) electrons. The zero-order valence-electron chi connectivity index (χ0n) is 15.1. The predicted octanol–water partition coefficient (Wildman–Crippen LogP) is 3.35. The molecular weight excluding hydrogens is 318 g/mol. The van der Waals surface area contributed by atoms with Crippen LogP contribution < -0.4 is 19.5 Å². The van der Waals surface area contributed by atoms with E-state index in [2.05, 4.69) is 5.32 Å². The molecule has 5 heteroatoms. The van der Waals surface area contributed by atoms with E-state index in [4.69, 9.17) is 14.2 Å². The minimum atomic E-state index is -0.618. The average molecular weight is 343 g/mol. The van der Waals surface area contributed by atoms with Crippen LogP contribution in [0.5, 0.6) is 17.2 Å². The first-order valence-corrected chi connectivity index (χ1v) is 8.29. The van der Waals surface area contributed by atoms with E-state index in [1.165, 1.54) is 0 Å². The molecule has 0 saturated carbocycles. The number of carbonyl (C=O) groups is 1. The number of rotatable bonds is 8. The molecule has 0 heterocycles. The van der Waals surface area contributed by atoms with Gasteiger partial charge in [-0.05, 0) is 44.5 Å². The van der Waals surface area contributed by atoms with Crippen molar-refractivity contribution >= 4 is 5.91 Å². The zero-order valence-corrected chi connectivity index (χ0v) is 15.1. The normalized spacial score (nSPS) is 12.8. The van der Waals surface area contributed by atoms with Crippen molar-refractivity contribution in [3.05, 3.63) is 54.1 Å². The Bertz CT molecular complexity index is 702. The van der Waals surface area contributed by atoms with Gasteiger partial charge in [0.1, 0.15) is 23.9 Å². The minimum Gasteiger partial charge on any atom is -0.497 e. The summed E-state index contributed by atoms with van der Waals surface area (Å²) in [4.78, 5) is 12.3. The number of nitrogens with one attached hydrogen (secondary N) is 1. The van der Waals surface area contributed by atoms with E-state index in [0.29, 0.717) is 18.1 Å². The highest BCUT2D eigenvalue weighted by molar-refractivity contribution is 5.81. The number of benzene rings is 2. The maximum atomic E-state index is 12.3. The SMILES string of the molecule is COc1cccc(O[C@@H](C)C(=O)N[C@H](C)COc2ccccc2C)c1. The molecule has 2 atom stereocenters. The Balaban J connectivity index is 1.82. The van der Waals surface area contributed by atoms with E-state index in [9.17, 15) is 4.79 Å². The highest BCUT2D eigenvalue weighted by atomic mass is 16.5. The molecule has 0 unspecified atom stereocenters. The van der Waals surface area contributed by atoms with E-state index in [1.54, 1.807) is 26.2 Å². The molecule has 0 aliphatic heterocycles. The molecule has 0 aliphatic carbocycles. The van der Waals surface area contributed by atoms with Crippen molar-refractivity contribution in [3.8, 4) is 17.2 Å². The van der Waals surface area contributed by atoms with Gasteiger partial charge in [0.15, 0.2) is 6.10 Å². The summed E-state index contributed by atoms with van der Waals surface area (Å²) in [5.41, 5.74) is 1.07. The van der Waals surface area contributed by atoms with Crippen molar-refractivity contribution in [3.63, 3.8) is 0 Å². The van der Waals surface area contributed by atoms with Gasteiger partial charge in [0.2, 0.25) is 0 Å². The van der Waals surface area contributed by atoms with Crippen LogP contribution in [0.25, 0.3) is 0 Å². The molecule has 0 bridgehead atoms. The average Bonchev–Trinajstić information content (AvgIpc) is 2.61. The van der Waals surface area contributed by atoms with Gasteiger partial charge in [-0.3, -0.25) is 4.79 Å². The highest BCUT2D eigenvalue weighted by Gasteiger charge is 2.17. The lowest BCUT2D eigenvalue weighted by atomic mass is 10.2. The summed E-state index contributed by atoms with van der Waals surface area (Å²) in [7, 11) is 1.59. The third-order valence-electron chi connectivity index (χ3n) is 3.69. The maximum absolute atomic E-state index is 12.3. The first-order valence-electron chi connectivity index (χ1n) is 8.29. The lowest BCUT2D eigenvalue weighted by Crippen LogP contribution is -2.43. The lowest BCUT2D eigenvalue weighted by molar-refractivity contribution is -0.128. The van der Waals surface area contributed by atoms with Crippen LogP contribution in [-0.4, -0.2) is 31.8 Å². The molecule has 0 fully saturated rings. The van der Waals surface area contributed by atoms with Gasteiger partial charge in [-0.2, -0.15) is 0 Å². The van der Waals surface area contributed by atoms with Crippen LogP contribution in [0.1, 0.15) is 19.4 Å². The van der Waals surface area contributed by atoms with E-state index in [1.807, 2.05) is 50.2 Å². The Morgan fingerprint density at radius 3 is 2.52 bits per heavy atom. The van der Waals surface area contributed by atoms with Crippen LogP contribution in [0.4, 0.5) is 0 Å². The fourth-order valence-corrected chi connectivity index (χ4v) is 2.27. The van der Waals surface area contributed by atoms with Gasteiger partial charge >= 0.3 is 0 Å². The second-order valence-electron chi connectivity index (χ2n) is 5.93. The molecule has 2 aromatic carbocycles. The molecule has 0 aliphatic rings. The number of carbonyl (C=O) groups excluding carboxylic acids is 1. The molecule has 1 N–H and O–H groups in total. The monoisotopic (exact) mass is 343 g/mol. The minimum absolute atomic E-state index is 0.136. The van der Waals surface area contributed by atoms with Crippen molar-refractivity contribution in [2.45, 2.75) is 32.9 Å². The second-order valence-corrected chi connectivity index (χ2v) is 5.93. The third-order valence-corrected chi connectivity index (χ3v) is 3.69. The molecule has 1 amide bonds. The largest absolute Gasteiger partial charge is 0.497 e. The first-order chi connectivity index (χ1) is 12.0. The molecule has 0 aromatic heterocycles. The van der Waals surface area contributed by atoms with Crippen molar-refractivity contribution in [1.82, 2.24) is 5.32 Å². The molecule has 2 rings (SSSR count). The first kappa shape index (κ1) is 18.6. The quantitative estimate of drug-likeness (QED) is 0.798. The van der Waals surface area contributed by atoms with Crippen molar-refractivity contribution < 1.29 is 19.0 Å². The summed E-state index contributed by atoms with van der Waals surface area (Å²) < 4.78 is 16.6. The number of ether oxygens (including phenoxy) is 3. The van der Waals surface area contributed by atoms with E-state index >= 15 is 0 Å². The third kappa shape index (κ3) is 5.71. The maximum Gasteiger partial charge on any atom is 0.261 e. The van der Waals surface area contributed by atoms with Crippen molar-refractivity contribution in [1.29, 1.82) is 0 Å². The van der Waals surface area contributed by atoms with Gasteiger partial charge in [0, 0.05) is 6.07 Å². The summed E-state index contributed by atoms with van der Waals surface area (Å²) in [6.45, 7) is 5.99. The standard InChI is InChI=1S/C20H25NO4/c1-14-8-5-6-11-19(14)24-13-15(2)21-20(22)16(3)25-18-10-7-9-17(12-18)23-4/h5-12,15-16H,13H2,1-4H3,(H,21,22)/t15-,16+/m1/s1. The Labute approximate surface area is 148 Å². The molecule has 25 heavy (non-hydrogen) atoms. The van der Waals surface area contributed by atoms with Gasteiger partial charge in [0.25, 0.3) is 5.91 Å². The van der Waals surface area contributed by atoms with Gasteiger partial charge in [0.05, 0.1) is 13.2 Å². The van der Waals surface area contributed by atoms with Crippen LogP contribution in [0.3, 0.4) is 0 Å². The van der Waals surface area contributed by atoms with Crippen molar-refractivity contribution in [2.75, 3.05) is 13.7 Å². The number of amides is 1. The molecule has 0 spiro atoms. The van der Waals surface area contributed by atoms with Crippen LogP contribution >= 0.6 is 0 Å². The topological polar surface area (TPSA) is 56.8 Å². The molecule has 0 saturated heterocycles. The Hall–Kier alpha value is -2.69. The highest BCUT2D eigenvalue weighted by Crippen LogP contribution is 2.20. The fraction of sp³-hybridized carbons (Fsp3) is 0.350. The van der Waals surface area contributed by atoms with E-state index < -0.39 is 6.10 Å². The Morgan fingerprint density at radius 1 is 1.08 bits per heavy atom. The number of hydrogen-bond acceptors (Lipinski definition) is 4. The summed E-state index contributed by atoms with van der Waals surface area (Å²) in [6, 6.07) is 14.8. The van der Waals surface area contributed by atoms with Gasteiger partial charge in [-0.25, -0.2) is 0 Å². The number of hydrogen-bond donors (Lipinski definition) is 1. The predicted molar refractivity (Wildman–Crippen MR) is 97.4 cm³/mol. The molecule has 5 nitrogen and oxygen atoms in total. The van der Waals surface area contributed by atoms with Crippen LogP contribution in [0.2, 0.25) is 0 Å². The van der Waals surface area contributed by atoms with Gasteiger partial charge in [-0.15, -0.1) is 0 Å². The van der Waals surface area contributed by atoms with Crippen molar-refractivity contribution in [2.24, 2.45) is 0 Å². The summed E-state index contributed by atoms with van der Waals surface area (Å²) >= 11 is 0. The second kappa shape index (κ2) is 8.97. The lowest BCUT2D eigenvalue weighted by Gasteiger charge is -2.19. The number of para-hydroxylation sites is 1. The summed E-state index contributed by atoms with van der Waals surface area (Å²) in [5.74, 6) is 1.91. The zero-order chi connectivity index (χ0) is 18.2. The number of aryl methyl sites for hydroxylation is 1.